The maximum atomic E-state index is 12.8. The third kappa shape index (κ3) is 2.91. The van der Waals surface area contributed by atoms with Gasteiger partial charge in [-0.25, -0.2) is 0 Å². The molecule has 0 aliphatic carbocycles. The van der Waals surface area contributed by atoms with Crippen molar-refractivity contribution in [2.24, 2.45) is 0 Å². The van der Waals surface area contributed by atoms with Crippen LogP contribution in [0.3, 0.4) is 0 Å². The highest BCUT2D eigenvalue weighted by Crippen LogP contribution is 2.32. The quantitative estimate of drug-likeness (QED) is 0.568. The van der Waals surface area contributed by atoms with Gasteiger partial charge < -0.3 is 9.47 Å². The van der Waals surface area contributed by atoms with Crippen LogP contribution in [-0.4, -0.2) is 20.0 Å². The maximum Gasteiger partial charge on any atom is 0.201 e. The molecule has 2 aromatic carbocycles. The standard InChI is InChI=1S/C15H12ClIO3/c1-19-12-4-3-5-13(20-2)14(12)15(18)10-8-9(16)6-7-11(10)17/h3-8H,1-2H3. The summed E-state index contributed by atoms with van der Waals surface area (Å²) in [6, 6.07) is 10.4. The first-order valence-electron chi connectivity index (χ1n) is 5.79. The molecule has 0 aliphatic heterocycles. The van der Waals surface area contributed by atoms with Gasteiger partial charge in [-0.2, -0.15) is 0 Å². The van der Waals surface area contributed by atoms with Gasteiger partial charge >= 0.3 is 0 Å². The van der Waals surface area contributed by atoms with Gasteiger partial charge in [0.15, 0.2) is 0 Å². The molecule has 0 bridgehead atoms. The molecule has 104 valence electrons. The van der Waals surface area contributed by atoms with E-state index < -0.39 is 0 Å². The number of hydrogen-bond acceptors (Lipinski definition) is 3. The van der Waals surface area contributed by atoms with E-state index >= 15 is 0 Å². The molecule has 0 aliphatic rings. The van der Waals surface area contributed by atoms with Crippen molar-refractivity contribution < 1.29 is 14.3 Å². The topological polar surface area (TPSA) is 35.5 Å². The molecule has 0 unspecified atom stereocenters. The Bertz CT molecular complexity index is 633. The molecule has 2 rings (SSSR count). The summed E-state index contributed by atoms with van der Waals surface area (Å²) in [5, 5.41) is 0.516. The first-order chi connectivity index (χ1) is 9.58. The fraction of sp³-hybridized carbons (Fsp3) is 0.133. The smallest absolute Gasteiger partial charge is 0.201 e. The first-order valence-corrected chi connectivity index (χ1v) is 7.25. The number of benzene rings is 2. The van der Waals surface area contributed by atoms with Gasteiger partial charge in [-0.05, 0) is 52.9 Å². The monoisotopic (exact) mass is 402 g/mol. The molecule has 0 amide bonds. The van der Waals surface area contributed by atoms with E-state index in [-0.39, 0.29) is 5.78 Å². The molecule has 0 fully saturated rings. The Morgan fingerprint density at radius 1 is 1.10 bits per heavy atom. The predicted molar refractivity (Wildman–Crippen MR) is 87.1 cm³/mol. The SMILES string of the molecule is COc1cccc(OC)c1C(=O)c1cc(Cl)ccc1I. The fourth-order valence-corrected chi connectivity index (χ4v) is 2.63. The van der Waals surface area contributed by atoms with Crippen molar-refractivity contribution in [1.29, 1.82) is 0 Å². The fourth-order valence-electron chi connectivity index (χ4n) is 1.88. The molecule has 3 nitrogen and oxygen atoms in total. The lowest BCUT2D eigenvalue weighted by atomic mass is 10.0. The Morgan fingerprint density at radius 3 is 2.25 bits per heavy atom. The molecule has 0 saturated carbocycles. The van der Waals surface area contributed by atoms with Crippen molar-refractivity contribution in [2.45, 2.75) is 0 Å². The van der Waals surface area contributed by atoms with Crippen molar-refractivity contribution in [2.75, 3.05) is 14.2 Å². The summed E-state index contributed by atoms with van der Waals surface area (Å²) in [5.41, 5.74) is 0.929. The molecule has 0 radical (unpaired) electrons. The highest BCUT2D eigenvalue weighted by molar-refractivity contribution is 14.1. The number of ether oxygens (including phenoxy) is 2. The van der Waals surface area contributed by atoms with E-state index in [0.717, 1.165) is 3.57 Å². The second-order valence-corrected chi connectivity index (χ2v) is 5.59. The molecule has 0 atom stereocenters. The molecule has 0 saturated heterocycles. The number of halogens is 2. The van der Waals surface area contributed by atoms with E-state index in [2.05, 4.69) is 22.6 Å². The van der Waals surface area contributed by atoms with Gasteiger partial charge in [0, 0.05) is 14.2 Å². The minimum absolute atomic E-state index is 0.175. The van der Waals surface area contributed by atoms with Crippen molar-refractivity contribution in [3.05, 3.63) is 56.1 Å². The van der Waals surface area contributed by atoms with Crippen LogP contribution in [0.25, 0.3) is 0 Å². The summed E-state index contributed by atoms with van der Waals surface area (Å²) >= 11 is 8.08. The normalized spacial score (nSPS) is 10.2. The minimum Gasteiger partial charge on any atom is -0.496 e. The van der Waals surface area contributed by atoms with E-state index in [4.69, 9.17) is 21.1 Å². The molecular formula is C15H12ClIO3. The van der Waals surface area contributed by atoms with Gasteiger partial charge in [0.05, 0.1) is 14.2 Å². The van der Waals surface area contributed by atoms with Gasteiger partial charge in [0.2, 0.25) is 5.78 Å². The molecule has 0 N–H and O–H groups in total. The average Bonchev–Trinajstić information content (AvgIpc) is 2.48. The largest absolute Gasteiger partial charge is 0.496 e. The highest BCUT2D eigenvalue weighted by atomic mass is 127. The second-order valence-electron chi connectivity index (χ2n) is 3.99. The van der Waals surface area contributed by atoms with E-state index in [9.17, 15) is 4.79 Å². The summed E-state index contributed by atoms with van der Waals surface area (Å²) in [5.74, 6) is 0.779. The van der Waals surface area contributed by atoms with Gasteiger partial charge in [-0.1, -0.05) is 17.7 Å². The molecule has 20 heavy (non-hydrogen) atoms. The van der Waals surface area contributed by atoms with Crippen LogP contribution < -0.4 is 9.47 Å². The average molecular weight is 403 g/mol. The predicted octanol–water partition coefficient (Wildman–Crippen LogP) is 4.19. The summed E-state index contributed by atoms with van der Waals surface area (Å²) in [6.45, 7) is 0. The van der Waals surface area contributed by atoms with Crippen LogP contribution in [0.5, 0.6) is 11.5 Å². The number of ketones is 1. The Kier molecular flexibility index (Phi) is 4.88. The Morgan fingerprint density at radius 2 is 1.70 bits per heavy atom. The molecular weight excluding hydrogens is 391 g/mol. The molecule has 5 heteroatoms. The van der Waals surface area contributed by atoms with E-state index in [1.165, 1.54) is 14.2 Å². The number of rotatable bonds is 4. The second kappa shape index (κ2) is 6.45. The number of methoxy groups -OCH3 is 2. The lowest BCUT2D eigenvalue weighted by Gasteiger charge is -2.13. The summed E-state index contributed by atoms with van der Waals surface area (Å²) in [7, 11) is 3.04. The maximum absolute atomic E-state index is 12.8. The van der Waals surface area contributed by atoms with Crippen LogP contribution in [-0.2, 0) is 0 Å². The third-order valence-electron chi connectivity index (χ3n) is 2.83. The Hall–Kier alpha value is -1.27. The van der Waals surface area contributed by atoms with E-state index in [1.807, 2.05) is 0 Å². The first kappa shape index (κ1) is 15.1. The molecule has 0 aromatic heterocycles. The summed E-state index contributed by atoms with van der Waals surface area (Å²) < 4.78 is 11.4. The zero-order valence-corrected chi connectivity index (χ0v) is 13.9. The van der Waals surface area contributed by atoms with Crippen LogP contribution in [0, 0.1) is 3.57 Å². The third-order valence-corrected chi connectivity index (χ3v) is 4.00. The van der Waals surface area contributed by atoms with Crippen LogP contribution in [0.2, 0.25) is 5.02 Å². The minimum atomic E-state index is -0.175. The Labute approximate surface area is 136 Å². The van der Waals surface area contributed by atoms with Crippen molar-refractivity contribution in [3.8, 4) is 11.5 Å². The number of carbonyl (C=O) groups is 1. The highest BCUT2D eigenvalue weighted by Gasteiger charge is 2.21. The molecule has 0 heterocycles. The zero-order chi connectivity index (χ0) is 14.7. The van der Waals surface area contributed by atoms with Crippen LogP contribution in [0.1, 0.15) is 15.9 Å². The van der Waals surface area contributed by atoms with Crippen molar-refractivity contribution in [1.82, 2.24) is 0 Å². The van der Waals surface area contributed by atoms with Crippen LogP contribution in [0.15, 0.2) is 36.4 Å². The Balaban J connectivity index is 2.61. The van der Waals surface area contributed by atoms with Gasteiger partial charge in [0.1, 0.15) is 17.1 Å². The van der Waals surface area contributed by atoms with Gasteiger partial charge in [0.25, 0.3) is 0 Å². The van der Waals surface area contributed by atoms with Crippen LogP contribution in [0.4, 0.5) is 0 Å². The number of carbonyl (C=O) groups excluding carboxylic acids is 1. The van der Waals surface area contributed by atoms with E-state index in [0.29, 0.717) is 27.6 Å². The van der Waals surface area contributed by atoms with Crippen LogP contribution >= 0.6 is 34.2 Å². The van der Waals surface area contributed by atoms with E-state index in [1.54, 1.807) is 36.4 Å². The lowest BCUT2D eigenvalue weighted by Crippen LogP contribution is -2.08. The zero-order valence-electron chi connectivity index (χ0n) is 10.9. The lowest BCUT2D eigenvalue weighted by molar-refractivity contribution is 0.103. The summed E-state index contributed by atoms with van der Waals surface area (Å²) in [6.07, 6.45) is 0. The summed E-state index contributed by atoms with van der Waals surface area (Å²) in [4.78, 5) is 12.8. The molecule has 2 aromatic rings. The van der Waals surface area contributed by atoms with Gasteiger partial charge in [-0.3, -0.25) is 4.79 Å². The van der Waals surface area contributed by atoms with Gasteiger partial charge in [-0.15, -0.1) is 0 Å². The number of hydrogen-bond donors (Lipinski definition) is 0. The van der Waals surface area contributed by atoms with Crippen molar-refractivity contribution in [3.63, 3.8) is 0 Å². The van der Waals surface area contributed by atoms with Crippen molar-refractivity contribution >= 4 is 40.0 Å². The molecule has 0 spiro atoms.